The summed E-state index contributed by atoms with van der Waals surface area (Å²) in [4.78, 5) is 25.1. The summed E-state index contributed by atoms with van der Waals surface area (Å²) < 4.78 is 28.3. The van der Waals surface area contributed by atoms with Crippen LogP contribution in [0.2, 0.25) is 0 Å². The number of hydrogen-bond donors (Lipinski definition) is 2. The molecule has 1 fully saturated rings. The van der Waals surface area contributed by atoms with E-state index in [1.165, 1.54) is 4.31 Å². The molecule has 2 aromatic rings. The molecule has 3 rings (SSSR count). The number of nitrogens with one attached hydrogen (secondary N) is 2. The molecule has 2 N–H and O–H groups in total. The minimum Gasteiger partial charge on any atom is -0.346 e. The number of hydrogen-bond acceptors (Lipinski definition) is 4. The van der Waals surface area contributed by atoms with Crippen LogP contribution in [0, 0.1) is 34.6 Å². The number of anilines is 1. The van der Waals surface area contributed by atoms with Crippen molar-refractivity contribution in [1.82, 2.24) is 9.62 Å². The molecule has 1 aliphatic rings. The number of carbonyl (C=O) groups is 2. The molecule has 2 aromatic carbocycles. The van der Waals surface area contributed by atoms with Crippen LogP contribution in [0.25, 0.3) is 0 Å². The van der Waals surface area contributed by atoms with Crippen molar-refractivity contribution < 1.29 is 18.0 Å². The summed E-state index contributed by atoms with van der Waals surface area (Å²) in [6.07, 6.45) is 1.33. The molecule has 1 heterocycles. The summed E-state index contributed by atoms with van der Waals surface area (Å²) in [6.45, 7) is 9.78. The van der Waals surface area contributed by atoms with Crippen LogP contribution in [-0.4, -0.2) is 43.7 Å². The van der Waals surface area contributed by atoms with Gasteiger partial charge in [0.15, 0.2) is 0 Å². The normalized spacial score (nSPS) is 16.7. The lowest BCUT2D eigenvalue weighted by atomic mass is 10.1. The highest BCUT2D eigenvalue weighted by atomic mass is 32.2. The van der Waals surface area contributed by atoms with E-state index in [1.54, 1.807) is 19.9 Å². The highest BCUT2D eigenvalue weighted by molar-refractivity contribution is 7.89. The molecular formula is C24H31N3O4S. The van der Waals surface area contributed by atoms with E-state index < -0.39 is 27.9 Å². The number of rotatable bonds is 5. The number of amides is 2. The fraction of sp³-hybridized carbons (Fsp3) is 0.417. The molecule has 0 saturated carbocycles. The average Bonchev–Trinajstić information content (AvgIpc) is 3.17. The maximum absolute atomic E-state index is 13.4. The second-order valence-electron chi connectivity index (χ2n) is 8.62. The third kappa shape index (κ3) is 5.02. The molecule has 1 atom stereocenters. The molecule has 0 radical (unpaired) electrons. The van der Waals surface area contributed by atoms with Crippen molar-refractivity contribution in [3.63, 3.8) is 0 Å². The van der Waals surface area contributed by atoms with Gasteiger partial charge in [0.05, 0.1) is 4.90 Å². The zero-order chi connectivity index (χ0) is 23.6. The first-order valence-corrected chi connectivity index (χ1v) is 12.2. The topological polar surface area (TPSA) is 95.6 Å². The third-order valence-corrected chi connectivity index (χ3v) is 8.10. The molecule has 172 valence electrons. The van der Waals surface area contributed by atoms with Gasteiger partial charge in [-0.25, -0.2) is 8.42 Å². The Morgan fingerprint density at radius 3 is 2.25 bits per heavy atom. The second-order valence-corrected chi connectivity index (χ2v) is 10.4. The highest BCUT2D eigenvalue weighted by Crippen LogP contribution is 2.30. The van der Waals surface area contributed by atoms with Crippen LogP contribution in [0.15, 0.2) is 35.2 Å². The summed E-state index contributed by atoms with van der Waals surface area (Å²) in [6, 6.07) is 8.95. The largest absolute Gasteiger partial charge is 0.346 e. The number of benzene rings is 2. The number of carbonyl (C=O) groups excluding carboxylic acids is 2. The van der Waals surface area contributed by atoms with Gasteiger partial charge in [-0.1, -0.05) is 29.8 Å². The molecule has 1 unspecified atom stereocenters. The number of sulfonamides is 1. The van der Waals surface area contributed by atoms with Gasteiger partial charge in [-0.15, -0.1) is 0 Å². The Hall–Kier alpha value is -2.71. The van der Waals surface area contributed by atoms with Crippen LogP contribution in [0.5, 0.6) is 0 Å². The van der Waals surface area contributed by atoms with Gasteiger partial charge in [0.2, 0.25) is 10.0 Å². The van der Waals surface area contributed by atoms with Gasteiger partial charge in [0.25, 0.3) is 0 Å². The molecule has 7 nitrogen and oxygen atoms in total. The standard InChI is InChI=1S/C24H31N3O4S/c1-15-8-9-17(3)21(13-15)26-24(29)23(28)25-14-20-7-6-10-27(20)32(30,31)22-18(4)11-16(2)12-19(22)5/h8-9,11-13,20H,6-7,10,14H2,1-5H3,(H,25,28)(H,26,29). The summed E-state index contributed by atoms with van der Waals surface area (Å²) in [7, 11) is -3.71. The second kappa shape index (κ2) is 9.42. The predicted molar refractivity (Wildman–Crippen MR) is 125 cm³/mol. The molecule has 0 spiro atoms. The van der Waals surface area contributed by atoms with E-state index in [2.05, 4.69) is 10.6 Å². The predicted octanol–water partition coefficient (Wildman–Crippen LogP) is 3.14. The van der Waals surface area contributed by atoms with Gasteiger partial charge in [0, 0.05) is 24.8 Å². The van der Waals surface area contributed by atoms with Crippen molar-refractivity contribution in [2.45, 2.75) is 58.4 Å². The lowest BCUT2D eigenvalue weighted by molar-refractivity contribution is -0.136. The van der Waals surface area contributed by atoms with Crippen molar-refractivity contribution >= 4 is 27.5 Å². The van der Waals surface area contributed by atoms with E-state index in [0.29, 0.717) is 41.1 Å². The van der Waals surface area contributed by atoms with E-state index in [1.807, 2.05) is 45.0 Å². The van der Waals surface area contributed by atoms with Crippen LogP contribution >= 0.6 is 0 Å². The van der Waals surface area contributed by atoms with E-state index in [4.69, 9.17) is 0 Å². The maximum Gasteiger partial charge on any atom is 0.313 e. The maximum atomic E-state index is 13.4. The van der Waals surface area contributed by atoms with E-state index >= 15 is 0 Å². The van der Waals surface area contributed by atoms with Crippen molar-refractivity contribution in [2.24, 2.45) is 0 Å². The van der Waals surface area contributed by atoms with Gasteiger partial charge >= 0.3 is 11.8 Å². The summed E-state index contributed by atoms with van der Waals surface area (Å²) in [5.41, 5.74) is 4.85. The van der Waals surface area contributed by atoms with Crippen LogP contribution in [-0.2, 0) is 19.6 Å². The van der Waals surface area contributed by atoms with Gasteiger partial charge in [-0.2, -0.15) is 4.31 Å². The van der Waals surface area contributed by atoms with Crippen LogP contribution in [0.4, 0.5) is 5.69 Å². The number of aryl methyl sites for hydroxylation is 5. The molecule has 0 aliphatic carbocycles. The molecule has 0 bridgehead atoms. The first-order chi connectivity index (χ1) is 15.0. The Balaban J connectivity index is 1.69. The third-order valence-electron chi connectivity index (χ3n) is 5.84. The Morgan fingerprint density at radius 2 is 1.59 bits per heavy atom. The molecule has 32 heavy (non-hydrogen) atoms. The minimum atomic E-state index is -3.71. The molecule has 1 aliphatic heterocycles. The van der Waals surface area contributed by atoms with E-state index in [9.17, 15) is 18.0 Å². The van der Waals surface area contributed by atoms with Crippen LogP contribution < -0.4 is 10.6 Å². The SMILES string of the molecule is Cc1cc(C)c(S(=O)(=O)N2CCCC2CNC(=O)C(=O)Nc2cc(C)ccc2C)c(C)c1. The van der Waals surface area contributed by atoms with Gasteiger partial charge in [0.1, 0.15) is 0 Å². The first kappa shape index (κ1) is 23.9. The van der Waals surface area contributed by atoms with Crippen LogP contribution in [0.3, 0.4) is 0 Å². The molecule has 8 heteroatoms. The minimum absolute atomic E-state index is 0.0856. The Morgan fingerprint density at radius 1 is 0.938 bits per heavy atom. The smallest absolute Gasteiger partial charge is 0.313 e. The quantitative estimate of drug-likeness (QED) is 0.675. The molecule has 2 amide bonds. The lowest BCUT2D eigenvalue weighted by Gasteiger charge is -2.26. The molecule has 0 aromatic heterocycles. The van der Waals surface area contributed by atoms with Crippen molar-refractivity contribution in [3.8, 4) is 0 Å². The average molecular weight is 458 g/mol. The fourth-order valence-electron chi connectivity index (χ4n) is 4.36. The monoisotopic (exact) mass is 457 g/mol. The molecule has 1 saturated heterocycles. The highest BCUT2D eigenvalue weighted by Gasteiger charge is 2.37. The zero-order valence-electron chi connectivity index (χ0n) is 19.3. The Labute approximate surface area is 190 Å². The first-order valence-electron chi connectivity index (χ1n) is 10.8. The van der Waals surface area contributed by atoms with E-state index in [0.717, 1.165) is 16.7 Å². The fourth-order valence-corrected chi connectivity index (χ4v) is 6.47. The van der Waals surface area contributed by atoms with Gasteiger partial charge < -0.3 is 10.6 Å². The molecular weight excluding hydrogens is 426 g/mol. The van der Waals surface area contributed by atoms with E-state index in [-0.39, 0.29) is 6.54 Å². The van der Waals surface area contributed by atoms with Crippen molar-refractivity contribution in [1.29, 1.82) is 0 Å². The van der Waals surface area contributed by atoms with Crippen LogP contribution in [0.1, 0.15) is 40.7 Å². The summed E-state index contributed by atoms with van der Waals surface area (Å²) in [5.74, 6) is -1.55. The number of nitrogens with zero attached hydrogens (tertiary/aromatic N) is 1. The summed E-state index contributed by atoms with van der Waals surface area (Å²) in [5, 5.41) is 5.24. The van der Waals surface area contributed by atoms with Gasteiger partial charge in [-0.3, -0.25) is 9.59 Å². The van der Waals surface area contributed by atoms with Gasteiger partial charge in [-0.05, 0) is 75.8 Å². The summed E-state index contributed by atoms with van der Waals surface area (Å²) >= 11 is 0. The lowest BCUT2D eigenvalue weighted by Crippen LogP contribution is -2.45. The Bertz CT molecular complexity index is 1130. The van der Waals surface area contributed by atoms with Crippen molar-refractivity contribution in [2.75, 3.05) is 18.4 Å². The Kier molecular flexibility index (Phi) is 7.05. The zero-order valence-corrected chi connectivity index (χ0v) is 20.1. The van der Waals surface area contributed by atoms with Crippen molar-refractivity contribution in [3.05, 3.63) is 58.1 Å².